The SMILES string of the molecule is O=C(Nc1ccc(-c2cn3cc(Cl)ccc3n2)cc1)c1ccccc1F. The molecule has 0 aliphatic heterocycles. The summed E-state index contributed by atoms with van der Waals surface area (Å²) in [6.45, 7) is 0. The first kappa shape index (κ1) is 16.3. The molecule has 2 heterocycles. The molecule has 6 heteroatoms. The summed E-state index contributed by atoms with van der Waals surface area (Å²) in [5.41, 5.74) is 3.07. The van der Waals surface area contributed by atoms with E-state index in [0.717, 1.165) is 16.9 Å². The Kier molecular flexibility index (Phi) is 4.14. The van der Waals surface area contributed by atoms with Crippen LogP contribution in [0.1, 0.15) is 10.4 Å². The van der Waals surface area contributed by atoms with Crippen LogP contribution in [0.2, 0.25) is 5.02 Å². The number of hydrogen-bond donors (Lipinski definition) is 1. The summed E-state index contributed by atoms with van der Waals surface area (Å²) in [7, 11) is 0. The maximum atomic E-state index is 13.7. The van der Waals surface area contributed by atoms with E-state index in [1.807, 2.05) is 28.8 Å². The molecule has 4 aromatic rings. The molecule has 0 saturated carbocycles. The second kappa shape index (κ2) is 6.61. The molecular formula is C20H13ClFN3O. The predicted molar refractivity (Wildman–Crippen MR) is 100.0 cm³/mol. The predicted octanol–water partition coefficient (Wildman–Crippen LogP) is 5.05. The molecule has 0 bridgehead atoms. The average molecular weight is 366 g/mol. The number of amides is 1. The average Bonchev–Trinajstić information content (AvgIpc) is 3.05. The number of hydrogen-bond acceptors (Lipinski definition) is 2. The minimum absolute atomic E-state index is 0.00815. The summed E-state index contributed by atoms with van der Waals surface area (Å²) in [6, 6.07) is 16.7. The Morgan fingerprint density at radius 2 is 1.77 bits per heavy atom. The van der Waals surface area contributed by atoms with Crippen molar-refractivity contribution in [1.82, 2.24) is 9.38 Å². The summed E-state index contributed by atoms with van der Waals surface area (Å²) in [4.78, 5) is 16.7. The fraction of sp³-hybridized carbons (Fsp3) is 0. The van der Waals surface area contributed by atoms with Crippen LogP contribution < -0.4 is 5.32 Å². The Morgan fingerprint density at radius 1 is 1.00 bits per heavy atom. The highest BCUT2D eigenvalue weighted by Gasteiger charge is 2.11. The van der Waals surface area contributed by atoms with Gasteiger partial charge in [-0.3, -0.25) is 4.79 Å². The van der Waals surface area contributed by atoms with Crippen molar-refractivity contribution in [2.75, 3.05) is 5.32 Å². The van der Waals surface area contributed by atoms with Crippen LogP contribution in [0.3, 0.4) is 0 Å². The second-order valence-corrected chi connectivity index (χ2v) is 6.19. The van der Waals surface area contributed by atoms with Crippen molar-refractivity contribution in [3.63, 3.8) is 0 Å². The highest BCUT2D eigenvalue weighted by atomic mass is 35.5. The number of nitrogens with zero attached hydrogens (tertiary/aromatic N) is 2. The first-order valence-corrected chi connectivity index (χ1v) is 8.28. The minimum atomic E-state index is -0.551. The molecule has 0 aliphatic carbocycles. The van der Waals surface area contributed by atoms with Crippen molar-refractivity contribution in [3.05, 3.63) is 89.5 Å². The Hall–Kier alpha value is -3.18. The lowest BCUT2D eigenvalue weighted by atomic mass is 10.1. The number of imidazole rings is 1. The lowest BCUT2D eigenvalue weighted by Crippen LogP contribution is -2.13. The smallest absolute Gasteiger partial charge is 0.258 e. The zero-order valence-electron chi connectivity index (χ0n) is 13.5. The standard InChI is InChI=1S/C20H13ClFN3O/c21-14-7-10-19-24-18(12-25(19)11-14)13-5-8-15(9-6-13)23-20(26)16-3-1-2-4-17(16)22/h1-12H,(H,23,26). The van der Waals surface area contributed by atoms with Gasteiger partial charge in [0.1, 0.15) is 11.5 Å². The van der Waals surface area contributed by atoms with Gasteiger partial charge in [0.15, 0.2) is 0 Å². The first-order chi connectivity index (χ1) is 12.6. The van der Waals surface area contributed by atoms with E-state index in [0.29, 0.717) is 10.7 Å². The van der Waals surface area contributed by atoms with Gasteiger partial charge in [-0.1, -0.05) is 35.9 Å². The number of nitrogens with one attached hydrogen (secondary N) is 1. The summed E-state index contributed by atoms with van der Waals surface area (Å²) < 4.78 is 15.5. The van der Waals surface area contributed by atoms with Crippen LogP contribution in [0.5, 0.6) is 0 Å². The molecule has 0 unspecified atom stereocenters. The largest absolute Gasteiger partial charge is 0.322 e. The van der Waals surface area contributed by atoms with E-state index in [4.69, 9.17) is 11.6 Å². The third-order valence-electron chi connectivity index (χ3n) is 3.97. The topological polar surface area (TPSA) is 46.4 Å². The Bertz CT molecular complexity index is 1110. The van der Waals surface area contributed by atoms with Gasteiger partial charge in [0.25, 0.3) is 5.91 Å². The van der Waals surface area contributed by atoms with Crippen molar-refractivity contribution in [2.24, 2.45) is 0 Å². The van der Waals surface area contributed by atoms with Crippen LogP contribution in [-0.4, -0.2) is 15.3 Å². The van der Waals surface area contributed by atoms with E-state index in [1.54, 1.807) is 36.5 Å². The molecule has 0 aliphatic rings. The van der Waals surface area contributed by atoms with E-state index >= 15 is 0 Å². The molecule has 0 spiro atoms. The van der Waals surface area contributed by atoms with E-state index in [-0.39, 0.29) is 5.56 Å². The van der Waals surface area contributed by atoms with Gasteiger partial charge in [-0.05, 0) is 36.4 Å². The van der Waals surface area contributed by atoms with Crippen molar-refractivity contribution in [2.45, 2.75) is 0 Å². The van der Waals surface area contributed by atoms with Crippen molar-refractivity contribution in [1.29, 1.82) is 0 Å². The maximum absolute atomic E-state index is 13.7. The third kappa shape index (κ3) is 3.17. The third-order valence-corrected chi connectivity index (χ3v) is 4.20. The molecular weight excluding hydrogens is 353 g/mol. The monoisotopic (exact) mass is 365 g/mol. The molecule has 2 aromatic carbocycles. The molecule has 4 rings (SSSR count). The van der Waals surface area contributed by atoms with Crippen LogP contribution >= 0.6 is 11.6 Å². The lowest BCUT2D eigenvalue weighted by Gasteiger charge is -2.06. The summed E-state index contributed by atoms with van der Waals surface area (Å²) >= 11 is 5.99. The molecule has 128 valence electrons. The van der Waals surface area contributed by atoms with Crippen molar-refractivity contribution in [3.8, 4) is 11.3 Å². The van der Waals surface area contributed by atoms with E-state index in [2.05, 4.69) is 10.3 Å². The number of benzene rings is 2. The van der Waals surface area contributed by atoms with E-state index in [9.17, 15) is 9.18 Å². The van der Waals surface area contributed by atoms with Crippen LogP contribution in [0, 0.1) is 5.82 Å². The Balaban J connectivity index is 1.56. The fourth-order valence-electron chi connectivity index (χ4n) is 2.67. The number of aromatic nitrogens is 2. The van der Waals surface area contributed by atoms with Crippen molar-refractivity contribution >= 4 is 28.8 Å². The second-order valence-electron chi connectivity index (χ2n) is 5.75. The quantitative estimate of drug-likeness (QED) is 0.552. The highest BCUT2D eigenvalue weighted by molar-refractivity contribution is 6.30. The van der Waals surface area contributed by atoms with Crippen LogP contribution in [0.4, 0.5) is 10.1 Å². The van der Waals surface area contributed by atoms with Crippen LogP contribution in [0.15, 0.2) is 73.1 Å². The van der Waals surface area contributed by atoms with Gasteiger partial charge in [0.2, 0.25) is 0 Å². The number of rotatable bonds is 3. The fourth-order valence-corrected chi connectivity index (χ4v) is 2.84. The molecule has 26 heavy (non-hydrogen) atoms. The Morgan fingerprint density at radius 3 is 2.54 bits per heavy atom. The Labute approximate surface area is 153 Å². The van der Waals surface area contributed by atoms with Gasteiger partial charge in [-0.2, -0.15) is 0 Å². The molecule has 4 nitrogen and oxygen atoms in total. The van der Waals surface area contributed by atoms with Crippen LogP contribution in [0.25, 0.3) is 16.9 Å². The highest BCUT2D eigenvalue weighted by Crippen LogP contribution is 2.23. The number of carbonyl (C=O) groups is 1. The zero-order chi connectivity index (χ0) is 18.1. The summed E-state index contributed by atoms with van der Waals surface area (Å²) in [5.74, 6) is -1.04. The van der Waals surface area contributed by atoms with Gasteiger partial charge in [0, 0.05) is 23.6 Å². The molecule has 0 saturated heterocycles. The van der Waals surface area contributed by atoms with Crippen molar-refractivity contribution < 1.29 is 9.18 Å². The molecule has 0 fully saturated rings. The van der Waals surface area contributed by atoms with E-state index in [1.165, 1.54) is 12.1 Å². The van der Waals surface area contributed by atoms with Gasteiger partial charge >= 0.3 is 0 Å². The first-order valence-electron chi connectivity index (χ1n) is 7.91. The number of anilines is 1. The molecule has 0 atom stereocenters. The molecule has 1 amide bonds. The summed E-state index contributed by atoms with van der Waals surface area (Å²) in [6.07, 6.45) is 3.67. The molecule has 0 radical (unpaired) electrons. The minimum Gasteiger partial charge on any atom is -0.322 e. The van der Waals surface area contributed by atoms with E-state index < -0.39 is 11.7 Å². The zero-order valence-corrected chi connectivity index (χ0v) is 14.2. The maximum Gasteiger partial charge on any atom is 0.258 e. The van der Waals surface area contributed by atoms with Gasteiger partial charge in [-0.25, -0.2) is 9.37 Å². The van der Waals surface area contributed by atoms with Crippen LogP contribution in [-0.2, 0) is 0 Å². The number of fused-ring (bicyclic) bond motifs is 1. The summed E-state index contributed by atoms with van der Waals surface area (Å²) in [5, 5.41) is 3.32. The molecule has 2 aromatic heterocycles. The van der Waals surface area contributed by atoms with Gasteiger partial charge in [0.05, 0.1) is 16.3 Å². The number of carbonyl (C=O) groups excluding carboxylic acids is 1. The van der Waals surface area contributed by atoms with Gasteiger partial charge in [-0.15, -0.1) is 0 Å². The lowest BCUT2D eigenvalue weighted by molar-refractivity contribution is 0.102. The molecule has 1 N–H and O–H groups in total. The normalized spacial score (nSPS) is 10.8. The number of pyridine rings is 1. The van der Waals surface area contributed by atoms with Gasteiger partial charge < -0.3 is 9.72 Å². The number of halogens is 2.